The summed E-state index contributed by atoms with van der Waals surface area (Å²) in [4.78, 5) is 6.35. The van der Waals surface area contributed by atoms with Gasteiger partial charge in [-0.3, -0.25) is 4.99 Å². The summed E-state index contributed by atoms with van der Waals surface area (Å²) in [5, 5.41) is 0. The molecule has 84 valence electrons. The van der Waals surface area contributed by atoms with Crippen molar-refractivity contribution < 1.29 is 0 Å². The van der Waals surface area contributed by atoms with E-state index in [0.29, 0.717) is 6.67 Å². The zero-order valence-corrected chi connectivity index (χ0v) is 10.1. The number of aliphatic imine (C=N–C) groups is 1. The van der Waals surface area contributed by atoms with Crippen LogP contribution in [0, 0.1) is 0 Å². The Kier molecular flexibility index (Phi) is 2.82. The van der Waals surface area contributed by atoms with Gasteiger partial charge in [0.2, 0.25) is 0 Å². The summed E-state index contributed by atoms with van der Waals surface area (Å²) >= 11 is 0. The molecule has 0 amide bonds. The highest BCUT2D eigenvalue weighted by Crippen LogP contribution is 2.25. The van der Waals surface area contributed by atoms with E-state index in [1.807, 2.05) is 12.3 Å². The fourth-order valence-electron chi connectivity index (χ4n) is 1.71. The molecule has 0 radical (unpaired) electrons. The third-order valence-corrected chi connectivity index (χ3v) is 2.76. The van der Waals surface area contributed by atoms with Crippen molar-refractivity contribution in [2.45, 2.75) is 26.2 Å². The Hall–Kier alpha value is -1.57. The molecular weight excluding hydrogens is 196 g/mol. The van der Waals surface area contributed by atoms with Gasteiger partial charge in [-0.25, -0.2) is 0 Å². The second-order valence-corrected chi connectivity index (χ2v) is 5.08. The number of rotatable bonds is 1. The van der Waals surface area contributed by atoms with Crippen LogP contribution in [0.2, 0.25) is 0 Å². The fourth-order valence-corrected chi connectivity index (χ4v) is 1.71. The SMILES string of the molecule is CC(C)(C)c1ccc(N2C=CC=NC2)cc1. The number of benzene rings is 1. The molecule has 0 bridgehead atoms. The highest BCUT2D eigenvalue weighted by molar-refractivity contribution is 5.74. The smallest absolute Gasteiger partial charge is 0.114 e. The quantitative estimate of drug-likeness (QED) is 0.700. The number of allylic oxidation sites excluding steroid dienone is 1. The van der Waals surface area contributed by atoms with Crippen molar-refractivity contribution in [1.82, 2.24) is 0 Å². The largest absolute Gasteiger partial charge is 0.328 e. The Morgan fingerprint density at radius 3 is 2.31 bits per heavy atom. The van der Waals surface area contributed by atoms with Gasteiger partial charge in [-0.1, -0.05) is 32.9 Å². The maximum Gasteiger partial charge on any atom is 0.114 e. The molecule has 0 saturated carbocycles. The lowest BCUT2D eigenvalue weighted by atomic mass is 9.87. The van der Waals surface area contributed by atoms with E-state index in [1.165, 1.54) is 11.3 Å². The van der Waals surface area contributed by atoms with Gasteiger partial charge in [0.15, 0.2) is 0 Å². The number of hydrogen-bond acceptors (Lipinski definition) is 2. The van der Waals surface area contributed by atoms with Crippen LogP contribution in [0.3, 0.4) is 0 Å². The number of nitrogens with zero attached hydrogens (tertiary/aromatic N) is 2. The monoisotopic (exact) mass is 214 g/mol. The molecule has 0 aromatic heterocycles. The van der Waals surface area contributed by atoms with Crippen molar-refractivity contribution in [1.29, 1.82) is 0 Å². The Bertz CT molecular complexity index is 407. The molecule has 2 nitrogen and oxygen atoms in total. The molecule has 0 fully saturated rings. The predicted molar refractivity (Wildman–Crippen MR) is 70.1 cm³/mol. The van der Waals surface area contributed by atoms with Crippen molar-refractivity contribution in [2.75, 3.05) is 11.6 Å². The first-order valence-electron chi connectivity index (χ1n) is 5.61. The van der Waals surface area contributed by atoms with E-state index in [0.717, 1.165) is 0 Å². The van der Waals surface area contributed by atoms with Gasteiger partial charge < -0.3 is 4.90 Å². The Labute approximate surface area is 97.3 Å². The van der Waals surface area contributed by atoms with Crippen LogP contribution >= 0.6 is 0 Å². The van der Waals surface area contributed by atoms with E-state index in [-0.39, 0.29) is 5.41 Å². The van der Waals surface area contributed by atoms with E-state index in [9.17, 15) is 0 Å². The average molecular weight is 214 g/mol. The highest BCUT2D eigenvalue weighted by atomic mass is 15.2. The molecule has 0 unspecified atom stereocenters. The summed E-state index contributed by atoms with van der Waals surface area (Å²) in [7, 11) is 0. The molecule has 0 atom stereocenters. The average Bonchev–Trinajstić information content (AvgIpc) is 2.29. The van der Waals surface area contributed by atoms with Crippen molar-refractivity contribution in [2.24, 2.45) is 4.99 Å². The van der Waals surface area contributed by atoms with Crippen molar-refractivity contribution >= 4 is 11.9 Å². The third-order valence-electron chi connectivity index (χ3n) is 2.76. The van der Waals surface area contributed by atoms with E-state index < -0.39 is 0 Å². The lowest BCUT2D eigenvalue weighted by Crippen LogP contribution is -2.18. The van der Waals surface area contributed by atoms with Gasteiger partial charge in [0, 0.05) is 18.1 Å². The lowest BCUT2D eigenvalue weighted by Gasteiger charge is -2.23. The van der Waals surface area contributed by atoms with Crippen LogP contribution in [0.25, 0.3) is 0 Å². The van der Waals surface area contributed by atoms with Crippen molar-refractivity contribution in [3.05, 3.63) is 42.1 Å². The molecular formula is C14H18N2. The minimum atomic E-state index is 0.217. The molecule has 0 saturated heterocycles. The maximum atomic E-state index is 4.22. The second kappa shape index (κ2) is 4.12. The summed E-state index contributed by atoms with van der Waals surface area (Å²) in [6, 6.07) is 8.71. The van der Waals surface area contributed by atoms with E-state index in [4.69, 9.17) is 0 Å². The summed E-state index contributed by atoms with van der Waals surface area (Å²) in [5.74, 6) is 0. The van der Waals surface area contributed by atoms with E-state index in [1.54, 1.807) is 0 Å². The van der Waals surface area contributed by atoms with Crippen LogP contribution in [0.5, 0.6) is 0 Å². The Balaban J connectivity index is 2.19. The van der Waals surface area contributed by atoms with Gasteiger partial charge in [-0.15, -0.1) is 0 Å². The summed E-state index contributed by atoms with van der Waals surface area (Å²) in [6.07, 6.45) is 5.85. The molecule has 0 aliphatic carbocycles. The lowest BCUT2D eigenvalue weighted by molar-refractivity contribution is 0.590. The predicted octanol–water partition coefficient (Wildman–Crippen LogP) is 3.35. The molecule has 2 heteroatoms. The maximum absolute atomic E-state index is 4.22. The van der Waals surface area contributed by atoms with Gasteiger partial charge in [0.25, 0.3) is 0 Å². The van der Waals surface area contributed by atoms with Gasteiger partial charge >= 0.3 is 0 Å². The number of anilines is 1. The molecule has 1 aromatic carbocycles. The first-order chi connectivity index (χ1) is 7.57. The minimum Gasteiger partial charge on any atom is -0.328 e. The summed E-state index contributed by atoms with van der Waals surface area (Å²) < 4.78 is 0. The van der Waals surface area contributed by atoms with E-state index >= 15 is 0 Å². The fraction of sp³-hybridized carbons (Fsp3) is 0.357. The standard InChI is InChI=1S/C14H18N2/c1-14(2,3)12-5-7-13(8-6-12)16-10-4-9-15-11-16/h4-10H,11H2,1-3H3. The molecule has 1 aromatic rings. The highest BCUT2D eigenvalue weighted by Gasteiger charge is 2.13. The molecule has 16 heavy (non-hydrogen) atoms. The van der Waals surface area contributed by atoms with Gasteiger partial charge in [-0.2, -0.15) is 0 Å². The molecule has 0 spiro atoms. The third kappa shape index (κ3) is 2.32. The normalized spacial score (nSPS) is 15.6. The molecule has 1 heterocycles. The Morgan fingerprint density at radius 2 is 1.81 bits per heavy atom. The van der Waals surface area contributed by atoms with Crippen LogP contribution in [0.1, 0.15) is 26.3 Å². The van der Waals surface area contributed by atoms with E-state index in [2.05, 4.69) is 61.1 Å². The molecule has 2 rings (SSSR count). The van der Waals surface area contributed by atoms with Gasteiger partial charge in [0.05, 0.1) is 0 Å². The van der Waals surface area contributed by atoms with Crippen LogP contribution in [0.15, 0.2) is 41.5 Å². The van der Waals surface area contributed by atoms with Crippen LogP contribution in [-0.2, 0) is 5.41 Å². The molecule has 1 aliphatic rings. The summed E-state index contributed by atoms with van der Waals surface area (Å²) in [6.45, 7) is 7.40. The van der Waals surface area contributed by atoms with Gasteiger partial charge in [-0.05, 0) is 29.2 Å². The minimum absolute atomic E-state index is 0.217. The van der Waals surface area contributed by atoms with Crippen LogP contribution in [-0.4, -0.2) is 12.9 Å². The van der Waals surface area contributed by atoms with Crippen molar-refractivity contribution in [3.8, 4) is 0 Å². The zero-order valence-electron chi connectivity index (χ0n) is 10.1. The van der Waals surface area contributed by atoms with Crippen molar-refractivity contribution in [3.63, 3.8) is 0 Å². The second-order valence-electron chi connectivity index (χ2n) is 5.08. The molecule has 1 aliphatic heterocycles. The Morgan fingerprint density at radius 1 is 1.12 bits per heavy atom. The van der Waals surface area contributed by atoms with Crippen LogP contribution in [0.4, 0.5) is 5.69 Å². The number of hydrogen-bond donors (Lipinski definition) is 0. The summed E-state index contributed by atoms with van der Waals surface area (Å²) in [5.41, 5.74) is 2.77. The topological polar surface area (TPSA) is 15.6 Å². The van der Waals surface area contributed by atoms with Gasteiger partial charge in [0.1, 0.15) is 6.67 Å². The first kappa shape index (κ1) is 10.9. The molecule has 0 N–H and O–H groups in total. The zero-order chi connectivity index (χ0) is 11.6. The van der Waals surface area contributed by atoms with Crippen LogP contribution < -0.4 is 4.90 Å². The first-order valence-corrected chi connectivity index (χ1v) is 5.61.